The van der Waals surface area contributed by atoms with Crippen LogP contribution in [0, 0.1) is 0 Å². The highest BCUT2D eigenvalue weighted by molar-refractivity contribution is 6.35. The van der Waals surface area contributed by atoms with E-state index in [0.29, 0.717) is 0 Å². The van der Waals surface area contributed by atoms with Gasteiger partial charge in [-0.05, 0) is 13.8 Å². The second-order valence-electron chi connectivity index (χ2n) is 3.49. The minimum atomic E-state index is -0.789. The average Bonchev–Trinajstić information content (AvgIpc) is 2.13. The molecule has 0 bridgehead atoms. The molecule has 0 saturated carbocycles. The second kappa shape index (κ2) is 5.39. The van der Waals surface area contributed by atoms with Gasteiger partial charge in [0, 0.05) is 6.54 Å². The third kappa shape index (κ3) is 4.61. The summed E-state index contributed by atoms with van der Waals surface area (Å²) in [4.78, 5) is 22.2. The Morgan fingerprint density at radius 2 is 2.00 bits per heavy atom. The first-order valence-electron chi connectivity index (χ1n) is 4.25. The molecule has 0 saturated heterocycles. The summed E-state index contributed by atoms with van der Waals surface area (Å²) in [5.74, 6) is -1.49. The molecule has 0 spiro atoms. The molecule has 80 valence electrons. The van der Waals surface area contributed by atoms with Crippen LogP contribution in [0.15, 0.2) is 12.7 Å². The lowest BCUT2D eigenvalue weighted by Crippen LogP contribution is -2.51. The molecule has 14 heavy (non-hydrogen) atoms. The maximum absolute atomic E-state index is 11.2. The molecule has 0 atom stereocenters. The van der Waals surface area contributed by atoms with E-state index in [-0.39, 0.29) is 13.2 Å². The van der Waals surface area contributed by atoms with Gasteiger partial charge < -0.3 is 15.7 Å². The molecule has 0 aromatic heterocycles. The first-order chi connectivity index (χ1) is 6.43. The van der Waals surface area contributed by atoms with Crippen molar-refractivity contribution in [2.75, 3.05) is 13.2 Å². The number of hydrogen-bond acceptors (Lipinski definition) is 3. The van der Waals surface area contributed by atoms with Crippen LogP contribution in [0.2, 0.25) is 0 Å². The zero-order valence-corrected chi connectivity index (χ0v) is 8.46. The molecule has 0 aliphatic carbocycles. The van der Waals surface area contributed by atoms with Gasteiger partial charge in [-0.25, -0.2) is 0 Å². The van der Waals surface area contributed by atoms with Gasteiger partial charge in [-0.2, -0.15) is 0 Å². The van der Waals surface area contributed by atoms with Crippen molar-refractivity contribution in [1.29, 1.82) is 0 Å². The number of nitrogens with one attached hydrogen (secondary N) is 2. The van der Waals surface area contributed by atoms with Gasteiger partial charge in [0.15, 0.2) is 0 Å². The molecule has 2 amide bonds. The topological polar surface area (TPSA) is 78.4 Å². The molecule has 0 aliphatic heterocycles. The number of aliphatic hydroxyl groups is 1. The normalized spacial score (nSPS) is 10.5. The van der Waals surface area contributed by atoms with Crippen LogP contribution >= 0.6 is 0 Å². The van der Waals surface area contributed by atoms with Crippen molar-refractivity contribution in [1.82, 2.24) is 10.6 Å². The summed E-state index contributed by atoms with van der Waals surface area (Å²) in [6.07, 6.45) is 1.47. The number of carbonyl (C=O) groups is 2. The molecule has 0 aromatic rings. The maximum atomic E-state index is 11.2. The molecule has 3 N–H and O–H groups in total. The highest BCUT2D eigenvalue weighted by Gasteiger charge is 2.22. The van der Waals surface area contributed by atoms with Crippen LogP contribution < -0.4 is 10.6 Å². The summed E-state index contributed by atoms with van der Waals surface area (Å²) in [7, 11) is 0. The van der Waals surface area contributed by atoms with Gasteiger partial charge >= 0.3 is 11.8 Å². The first kappa shape index (κ1) is 12.6. The number of rotatable bonds is 4. The highest BCUT2D eigenvalue weighted by Crippen LogP contribution is 1.98. The molecule has 0 rings (SSSR count). The maximum Gasteiger partial charge on any atom is 0.309 e. The summed E-state index contributed by atoms with van der Waals surface area (Å²) in [6.45, 7) is 6.64. The van der Waals surface area contributed by atoms with Gasteiger partial charge in [-0.3, -0.25) is 9.59 Å². The summed E-state index contributed by atoms with van der Waals surface area (Å²) in [6, 6.07) is 0. The molecule has 0 fully saturated rings. The van der Waals surface area contributed by atoms with E-state index in [2.05, 4.69) is 17.2 Å². The Kier molecular flexibility index (Phi) is 4.86. The van der Waals surface area contributed by atoms with Crippen LogP contribution in [0.1, 0.15) is 13.8 Å². The Bertz CT molecular complexity index is 236. The number of amides is 2. The van der Waals surface area contributed by atoms with E-state index >= 15 is 0 Å². The fourth-order valence-electron chi connectivity index (χ4n) is 0.649. The molecule has 0 aromatic carbocycles. The van der Waals surface area contributed by atoms with Crippen molar-refractivity contribution in [3.05, 3.63) is 12.7 Å². The van der Waals surface area contributed by atoms with E-state index in [1.165, 1.54) is 6.08 Å². The molecule has 5 heteroatoms. The van der Waals surface area contributed by atoms with Gasteiger partial charge in [-0.15, -0.1) is 6.58 Å². The summed E-state index contributed by atoms with van der Waals surface area (Å²) < 4.78 is 0. The van der Waals surface area contributed by atoms with Crippen LogP contribution in [-0.4, -0.2) is 35.6 Å². The number of carbonyl (C=O) groups excluding carboxylic acids is 2. The predicted octanol–water partition coefficient (Wildman–Crippen LogP) is -0.824. The summed E-state index contributed by atoms with van der Waals surface area (Å²) >= 11 is 0. The van der Waals surface area contributed by atoms with Crippen molar-refractivity contribution >= 4 is 11.8 Å². The molecule has 0 aliphatic rings. The highest BCUT2D eigenvalue weighted by atomic mass is 16.3. The van der Waals surface area contributed by atoms with Gasteiger partial charge in [0.25, 0.3) is 0 Å². The third-order valence-corrected chi connectivity index (χ3v) is 1.46. The fourth-order valence-corrected chi connectivity index (χ4v) is 0.649. The van der Waals surface area contributed by atoms with Crippen molar-refractivity contribution in [2.24, 2.45) is 0 Å². The lowest BCUT2D eigenvalue weighted by molar-refractivity contribution is -0.140. The van der Waals surface area contributed by atoms with Crippen molar-refractivity contribution < 1.29 is 14.7 Å². The largest absolute Gasteiger partial charge is 0.394 e. The minimum Gasteiger partial charge on any atom is -0.394 e. The molecular formula is C9H16N2O3. The van der Waals surface area contributed by atoms with E-state index in [0.717, 1.165) is 0 Å². The lowest BCUT2D eigenvalue weighted by atomic mass is 10.1. The SMILES string of the molecule is C=CCNC(=O)C(=O)NC(C)(C)CO. The predicted molar refractivity (Wildman–Crippen MR) is 52.5 cm³/mol. The molecular weight excluding hydrogens is 184 g/mol. The summed E-state index contributed by atoms with van der Waals surface area (Å²) in [5, 5.41) is 13.5. The standard InChI is InChI=1S/C9H16N2O3/c1-4-5-10-7(13)8(14)11-9(2,3)6-12/h4,12H,1,5-6H2,2-3H3,(H,10,13)(H,11,14). The Hall–Kier alpha value is -1.36. The van der Waals surface area contributed by atoms with Gasteiger partial charge in [0.1, 0.15) is 0 Å². The molecule has 0 radical (unpaired) electrons. The number of hydrogen-bond donors (Lipinski definition) is 3. The van der Waals surface area contributed by atoms with Crippen LogP contribution in [-0.2, 0) is 9.59 Å². The van der Waals surface area contributed by atoms with E-state index < -0.39 is 17.4 Å². The van der Waals surface area contributed by atoms with Crippen LogP contribution in [0.3, 0.4) is 0 Å². The Morgan fingerprint density at radius 3 is 2.43 bits per heavy atom. The first-order valence-corrected chi connectivity index (χ1v) is 4.25. The van der Waals surface area contributed by atoms with Gasteiger partial charge in [0.2, 0.25) is 0 Å². The van der Waals surface area contributed by atoms with Gasteiger partial charge in [0.05, 0.1) is 12.1 Å². The smallest absolute Gasteiger partial charge is 0.309 e. The van der Waals surface area contributed by atoms with Crippen LogP contribution in [0.25, 0.3) is 0 Å². The van der Waals surface area contributed by atoms with E-state index in [1.54, 1.807) is 13.8 Å². The Morgan fingerprint density at radius 1 is 1.43 bits per heavy atom. The van der Waals surface area contributed by atoms with Crippen LogP contribution in [0.5, 0.6) is 0 Å². The van der Waals surface area contributed by atoms with E-state index in [4.69, 9.17) is 5.11 Å². The quantitative estimate of drug-likeness (QED) is 0.409. The zero-order chi connectivity index (χ0) is 11.2. The lowest BCUT2D eigenvalue weighted by Gasteiger charge is -2.22. The Balaban J connectivity index is 4.08. The molecule has 0 unspecified atom stereocenters. The molecule has 0 heterocycles. The van der Waals surface area contributed by atoms with E-state index in [1.807, 2.05) is 0 Å². The minimum absolute atomic E-state index is 0.229. The third-order valence-electron chi connectivity index (χ3n) is 1.46. The Labute approximate surface area is 83.2 Å². The average molecular weight is 200 g/mol. The van der Waals surface area contributed by atoms with Crippen molar-refractivity contribution in [3.8, 4) is 0 Å². The second-order valence-corrected chi connectivity index (χ2v) is 3.49. The van der Waals surface area contributed by atoms with E-state index in [9.17, 15) is 9.59 Å². The number of aliphatic hydroxyl groups excluding tert-OH is 1. The zero-order valence-electron chi connectivity index (χ0n) is 8.46. The molecule has 5 nitrogen and oxygen atoms in total. The van der Waals surface area contributed by atoms with Crippen molar-refractivity contribution in [3.63, 3.8) is 0 Å². The fraction of sp³-hybridized carbons (Fsp3) is 0.556. The van der Waals surface area contributed by atoms with Gasteiger partial charge in [-0.1, -0.05) is 6.08 Å². The van der Waals surface area contributed by atoms with Crippen molar-refractivity contribution in [2.45, 2.75) is 19.4 Å². The van der Waals surface area contributed by atoms with Crippen LogP contribution in [0.4, 0.5) is 0 Å². The summed E-state index contributed by atoms with van der Waals surface area (Å²) in [5.41, 5.74) is -0.789. The monoisotopic (exact) mass is 200 g/mol.